The van der Waals surface area contributed by atoms with Crippen molar-refractivity contribution in [2.75, 3.05) is 7.11 Å². The number of fused-ring (bicyclic) bond motifs is 1. The maximum absolute atomic E-state index is 11.6. The highest BCUT2D eigenvalue weighted by Crippen LogP contribution is 2.40. The van der Waals surface area contributed by atoms with Crippen LogP contribution >= 0.6 is 0 Å². The van der Waals surface area contributed by atoms with E-state index in [1.54, 1.807) is 13.3 Å². The van der Waals surface area contributed by atoms with E-state index in [0.717, 1.165) is 27.6 Å². The first-order chi connectivity index (χ1) is 11.1. The van der Waals surface area contributed by atoms with Gasteiger partial charge in [-0.05, 0) is 29.0 Å². The Morgan fingerprint density at radius 2 is 1.70 bits per heavy atom. The van der Waals surface area contributed by atoms with Crippen molar-refractivity contribution in [1.82, 2.24) is 4.98 Å². The first-order valence-electron chi connectivity index (χ1n) is 7.77. The van der Waals surface area contributed by atoms with Crippen molar-refractivity contribution in [2.45, 2.75) is 19.4 Å². The summed E-state index contributed by atoms with van der Waals surface area (Å²) in [7, 11) is 1.64. The van der Waals surface area contributed by atoms with Gasteiger partial charge in [-0.15, -0.1) is 0 Å². The smallest absolute Gasteiger partial charge is 0.119 e. The number of aliphatic hydroxyl groups is 1. The molecule has 23 heavy (non-hydrogen) atoms. The Bertz CT molecular complexity index is 806. The van der Waals surface area contributed by atoms with E-state index in [-0.39, 0.29) is 5.92 Å². The lowest BCUT2D eigenvalue weighted by atomic mass is 9.77. The SMILES string of the molecule is COc1ccc(C(O)(c2cncc3ccccc23)C(C)C)cc1. The predicted octanol–water partition coefficient (Wildman–Crippen LogP) is 4.14. The van der Waals surface area contributed by atoms with Gasteiger partial charge >= 0.3 is 0 Å². The largest absolute Gasteiger partial charge is 0.497 e. The van der Waals surface area contributed by atoms with Crippen molar-refractivity contribution >= 4 is 10.8 Å². The molecule has 1 N–H and O–H groups in total. The van der Waals surface area contributed by atoms with Gasteiger partial charge in [0.15, 0.2) is 0 Å². The molecule has 3 aromatic rings. The van der Waals surface area contributed by atoms with Crippen LogP contribution in [0.3, 0.4) is 0 Å². The quantitative estimate of drug-likeness (QED) is 0.788. The molecule has 118 valence electrons. The molecule has 0 fully saturated rings. The normalized spacial score (nSPS) is 14.0. The second kappa shape index (κ2) is 6.01. The third-order valence-corrected chi connectivity index (χ3v) is 4.44. The average Bonchev–Trinajstić information content (AvgIpc) is 2.60. The van der Waals surface area contributed by atoms with E-state index in [2.05, 4.69) is 4.98 Å². The fourth-order valence-electron chi connectivity index (χ4n) is 3.07. The minimum atomic E-state index is -1.11. The zero-order valence-electron chi connectivity index (χ0n) is 13.7. The zero-order chi connectivity index (χ0) is 16.4. The molecule has 0 amide bonds. The minimum Gasteiger partial charge on any atom is -0.497 e. The van der Waals surface area contributed by atoms with Crippen LogP contribution < -0.4 is 4.74 Å². The summed E-state index contributed by atoms with van der Waals surface area (Å²) in [6.45, 7) is 4.04. The predicted molar refractivity (Wildman–Crippen MR) is 92.6 cm³/mol. The topological polar surface area (TPSA) is 42.4 Å². The summed E-state index contributed by atoms with van der Waals surface area (Å²) in [6.07, 6.45) is 3.60. The van der Waals surface area contributed by atoms with Gasteiger partial charge in [0.1, 0.15) is 11.4 Å². The number of pyridine rings is 1. The molecule has 0 radical (unpaired) electrons. The van der Waals surface area contributed by atoms with Crippen molar-refractivity contribution in [3.05, 3.63) is 72.1 Å². The van der Waals surface area contributed by atoms with Crippen LogP contribution in [0.2, 0.25) is 0 Å². The molecular formula is C20H21NO2. The number of rotatable bonds is 4. The van der Waals surface area contributed by atoms with Crippen LogP contribution in [0.4, 0.5) is 0 Å². The summed E-state index contributed by atoms with van der Waals surface area (Å²) in [5.74, 6) is 0.763. The Morgan fingerprint density at radius 1 is 1.00 bits per heavy atom. The maximum Gasteiger partial charge on any atom is 0.119 e. The molecule has 0 saturated carbocycles. The van der Waals surface area contributed by atoms with E-state index in [4.69, 9.17) is 4.74 Å². The molecule has 0 aliphatic carbocycles. The van der Waals surface area contributed by atoms with Gasteiger partial charge in [-0.3, -0.25) is 4.98 Å². The van der Waals surface area contributed by atoms with E-state index < -0.39 is 5.60 Å². The summed E-state index contributed by atoms with van der Waals surface area (Å²) in [5, 5.41) is 13.7. The number of hydrogen-bond acceptors (Lipinski definition) is 3. The average molecular weight is 307 g/mol. The third kappa shape index (κ3) is 2.57. The fraction of sp³-hybridized carbons (Fsp3) is 0.250. The molecule has 0 bridgehead atoms. The van der Waals surface area contributed by atoms with Crippen LogP contribution in [-0.2, 0) is 5.60 Å². The van der Waals surface area contributed by atoms with Crippen LogP contribution in [0.15, 0.2) is 60.9 Å². The van der Waals surface area contributed by atoms with E-state index in [1.807, 2.05) is 68.6 Å². The maximum atomic E-state index is 11.6. The molecule has 1 heterocycles. The van der Waals surface area contributed by atoms with Gasteiger partial charge in [0, 0.05) is 23.3 Å². The van der Waals surface area contributed by atoms with Crippen molar-refractivity contribution in [3.8, 4) is 5.75 Å². The summed E-state index contributed by atoms with van der Waals surface area (Å²) in [6, 6.07) is 15.6. The lowest BCUT2D eigenvalue weighted by Crippen LogP contribution is -2.33. The van der Waals surface area contributed by atoms with Gasteiger partial charge in [0.05, 0.1) is 7.11 Å². The third-order valence-electron chi connectivity index (χ3n) is 4.44. The molecule has 3 heteroatoms. The van der Waals surface area contributed by atoms with Crippen LogP contribution in [0.1, 0.15) is 25.0 Å². The van der Waals surface area contributed by atoms with E-state index in [1.165, 1.54) is 0 Å². The molecule has 0 aliphatic heterocycles. The first kappa shape index (κ1) is 15.5. The fourth-order valence-corrected chi connectivity index (χ4v) is 3.07. The second-order valence-electron chi connectivity index (χ2n) is 6.06. The van der Waals surface area contributed by atoms with Crippen LogP contribution in [0, 0.1) is 5.92 Å². The Balaban J connectivity index is 2.24. The Kier molecular flexibility index (Phi) is 4.05. The highest BCUT2D eigenvalue weighted by Gasteiger charge is 2.36. The lowest BCUT2D eigenvalue weighted by molar-refractivity contribution is 0.0329. The molecule has 0 spiro atoms. The van der Waals surface area contributed by atoms with Gasteiger partial charge in [-0.1, -0.05) is 50.2 Å². The second-order valence-corrected chi connectivity index (χ2v) is 6.06. The van der Waals surface area contributed by atoms with Gasteiger partial charge in [-0.2, -0.15) is 0 Å². The number of nitrogens with zero attached hydrogens (tertiary/aromatic N) is 1. The molecule has 2 aromatic carbocycles. The van der Waals surface area contributed by atoms with Crippen molar-refractivity contribution in [2.24, 2.45) is 5.92 Å². The number of ether oxygens (including phenoxy) is 1. The Labute approximate surface area is 136 Å². The molecule has 1 unspecified atom stereocenters. The van der Waals surface area contributed by atoms with Crippen LogP contribution in [-0.4, -0.2) is 17.2 Å². The molecule has 3 rings (SSSR count). The molecule has 3 nitrogen and oxygen atoms in total. The number of aromatic nitrogens is 1. The highest BCUT2D eigenvalue weighted by molar-refractivity contribution is 5.86. The number of hydrogen-bond donors (Lipinski definition) is 1. The standard InChI is InChI=1S/C20H21NO2/c1-14(2)20(22,16-8-10-17(23-3)11-9-16)19-13-21-12-15-6-4-5-7-18(15)19/h4-14,22H,1-3H3. The molecule has 1 aromatic heterocycles. The summed E-state index contributed by atoms with van der Waals surface area (Å²) in [5.41, 5.74) is 0.558. The van der Waals surface area contributed by atoms with Crippen molar-refractivity contribution in [1.29, 1.82) is 0 Å². The summed E-state index contributed by atoms with van der Waals surface area (Å²) < 4.78 is 5.22. The van der Waals surface area contributed by atoms with Crippen LogP contribution in [0.5, 0.6) is 5.75 Å². The molecule has 1 atom stereocenters. The Morgan fingerprint density at radius 3 is 2.35 bits per heavy atom. The van der Waals surface area contributed by atoms with Crippen LogP contribution in [0.25, 0.3) is 10.8 Å². The lowest BCUT2D eigenvalue weighted by Gasteiger charge is -2.34. The highest BCUT2D eigenvalue weighted by atomic mass is 16.5. The van der Waals surface area contributed by atoms with Gasteiger partial charge in [0.2, 0.25) is 0 Å². The monoisotopic (exact) mass is 307 g/mol. The van der Waals surface area contributed by atoms with Gasteiger partial charge in [-0.25, -0.2) is 0 Å². The van der Waals surface area contributed by atoms with E-state index >= 15 is 0 Å². The molecular weight excluding hydrogens is 286 g/mol. The molecule has 0 aliphatic rings. The molecule has 0 saturated heterocycles. The Hall–Kier alpha value is -2.39. The van der Waals surface area contributed by atoms with Gasteiger partial charge in [0.25, 0.3) is 0 Å². The number of benzene rings is 2. The zero-order valence-corrected chi connectivity index (χ0v) is 13.7. The first-order valence-corrected chi connectivity index (χ1v) is 7.77. The van der Waals surface area contributed by atoms with E-state index in [0.29, 0.717) is 0 Å². The summed E-state index contributed by atoms with van der Waals surface area (Å²) in [4.78, 5) is 4.34. The van der Waals surface area contributed by atoms with Crippen molar-refractivity contribution < 1.29 is 9.84 Å². The van der Waals surface area contributed by atoms with Crippen molar-refractivity contribution in [3.63, 3.8) is 0 Å². The van der Waals surface area contributed by atoms with Gasteiger partial charge < -0.3 is 9.84 Å². The summed E-state index contributed by atoms with van der Waals surface area (Å²) >= 11 is 0. The van der Waals surface area contributed by atoms with E-state index in [9.17, 15) is 5.11 Å². The number of methoxy groups -OCH3 is 1. The minimum absolute atomic E-state index is 0.0106.